The first-order valence-electron chi connectivity index (χ1n) is 7.59. The van der Waals surface area contributed by atoms with Crippen LogP contribution in [0.5, 0.6) is 0 Å². The average molecular weight is 277 g/mol. The van der Waals surface area contributed by atoms with Gasteiger partial charge in [-0.1, -0.05) is 24.3 Å². The van der Waals surface area contributed by atoms with Gasteiger partial charge in [-0.3, -0.25) is 4.98 Å². The number of benzene rings is 2. The Morgan fingerprint density at radius 3 is 2.90 bits per heavy atom. The number of nitrogens with zero attached hydrogens (tertiary/aromatic N) is 2. The lowest BCUT2D eigenvalue weighted by molar-refractivity contribution is 0.507. The summed E-state index contributed by atoms with van der Waals surface area (Å²) in [4.78, 5) is 6.75. The van der Waals surface area contributed by atoms with Crippen molar-refractivity contribution in [3.05, 3.63) is 48.8 Å². The minimum absolute atomic E-state index is 0.280. The molecule has 1 saturated heterocycles. The molecule has 0 aliphatic carbocycles. The number of nitrogens with two attached hydrogens (primary N) is 1. The summed E-state index contributed by atoms with van der Waals surface area (Å²) in [5.74, 6) is 0. The van der Waals surface area contributed by atoms with Crippen LogP contribution in [0.4, 0.5) is 5.69 Å². The van der Waals surface area contributed by atoms with Gasteiger partial charge in [0.05, 0.1) is 0 Å². The number of hydrogen-bond donors (Lipinski definition) is 1. The molecule has 0 bridgehead atoms. The van der Waals surface area contributed by atoms with E-state index in [1.54, 1.807) is 0 Å². The molecule has 1 aliphatic heterocycles. The summed E-state index contributed by atoms with van der Waals surface area (Å²) in [6, 6.07) is 13.2. The Bertz CT molecular complexity index is 797. The Labute approximate surface area is 124 Å². The van der Waals surface area contributed by atoms with Crippen molar-refractivity contribution in [3.8, 4) is 0 Å². The second-order valence-corrected chi connectivity index (χ2v) is 5.89. The van der Waals surface area contributed by atoms with Crippen LogP contribution in [-0.4, -0.2) is 24.1 Å². The summed E-state index contributed by atoms with van der Waals surface area (Å²) in [6.45, 7) is 2.03. The van der Waals surface area contributed by atoms with E-state index in [0.29, 0.717) is 0 Å². The van der Waals surface area contributed by atoms with Crippen LogP contribution >= 0.6 is 0 Å². The van der Waals surface area contributed by atoms with Crippen LogP contribution in [0.2, 0.25) is 0 Å². The molecule has 0 unspecified atom stereocenters. The maximum atomic E-state index is 6.17. The molecule has 4 rings (SSSR count). The number of pyridine rings is 1. The first-order valence-corrected chi connectivity index (χ1v) is 7.59. The third-order valence-corrected chi connectivity index (χ3v) is 4.44. The predicted octanol–water partition coefficient (Wildman–Crippen LogP) is 3.32. The molecule has 106 valence electrons. The van der Waals surface area contributed by atoms with Gasteiger partial charge in [0, 0.05) is 48.0 Å². The van der Waals surface area contributed by atoms with Crippen molar-refractivity contribution >= 4 is 27.2 Å². The fourth-order valence-corrected chi connectivity index (χ4v) is 3.42. The van der Waals surface area contributed by atoms with E-state index in [9.17, 15) is 0 Å². The topological polar surface area (TPSA) is 42.1 Å². The minimum Gasteiger partial charge on any atom is -0.369 e. The second-order valence-electron chi connectivity index (χ2n) is 5.89. The summed E-state index contributed by atoms with van der Waals surface area (Å²) in [7, 11) is 0. The molecule has 0 spiro atoms. The van der Waals surface area contributed by atoms with Crippen LogP contribution < -0.4 is 10.6 Å². The lowest BCUT2D eigenvalue weighted by Crippen LogP contribution is -2.42. The van der Waals surface area contributed by atoms with E-state index in [0.717, 1.165) is 19.5 Å². The Morgan fingerprint density at radius 2 is 2.00 bits per heavy atom. The van der Waals surface area contributed by atoms with Crippen molar-refractivity contribution in [2.75, 3.05) is 18.0 Å². The smallest absolute Gasteiger partial charge is 0.0454 e. The molecule has 0 radical (unpaired) electrons. The second kappa shape index (κ2) is 5.01. The number of rotatable bonds is 1. The first-order chi connectivity index (χ1) is 10.3. The SMILES string of the molecule is N[C@@H]1CCCN(c2cc3ccccc3c3cnccc23)C1. The van der Waals surface area contributed by atoms with Gasteiger partial charge in [0.15, 0.2) is 0 Å². The van der Waals surface area contributed by atoms with Gasteiger partial charge in [-0.05, 0) is 35.7 Å². The minimum atomic E-state index is 0.280. The van der Waals surface area contributed by atoms with E-state index < -0.39 is 0 Å². The van der Waals surface area contributed by atoms with Crippen molar-refractivity contribution in [1.29, 1.82) is 0 Å². The molecule has 2 aromatic carbocycles. The normalized spacial score (nSPS) is 19.3. The number of aromatic nitrogens is 1. The largest absolute Gasteiger partial charge is 0.369 e. The quantitative estimate of drug-likeness (QED) is 0.694. The monoisotopic (exact) mass is 277 g/mol. The van der Waals surface area contributed by atoms with Gasteiger partial charge in [-0.15, -0.1) is 0 Å². The zero-order chi connectivity index (χ0) is 14.2. The van der Waals surface area contributed by atoms with Crippen LogP contribution in [0.15, 0.2) is 48.8 Å². The highest BCUT2D eigenvalue weighted by atomic mass is 15.1. The summed E-state index contributed by atoms with van der Waals surface area (Å²) < 4.78 is 0. The van der Waals surface area contributed by atoms with Gasteiger partial charge >= 0.3 is 0 Å². The maximum Gasteiger partial charge on any atom is 0.0454 e. The van der Waals surface area contributed by atoms with E-state index in [4.69, 9.17) is 5.73 Å². The molecule has 3 aromatic rings. The molecule has 0 amide bonds. The Hall–Kier alpha value is -2.13. The summed E-state index contributed by atoms with van der Waals surface area (Å²) in [5, 5.41) is 5.04. The fourth-order valence-electron chi connectivity index (χ4n) is 3.42. The molecule has 1 aromatic heterocycles. The van der Waals surface area contributed by atoms with Crippen molar-refractivity contribution in [3.63, 3.8) is 0 Å². The molecular weight excluding hydrogens is 258 g/mol. The van der Waals surface area contributed by atoms with Crippen molar-refractivity contribution in [2.45, 2.75) is 18.9 Å². The highest BCUT2D eigenvalue weighted by Crippen LogP contribution is 2.34. The summed E-state index contributed by atoms with van der Waals surface area (Å²) in [5.41, 5.74) is 7.46. The van der Waals surface area contributed by atoms with Gasteiger partial charge < -0.3 is 10.6 Å². The zero-order valence-corrected chi connectivity index (χ0v) is 12.0. The molecule has 21 heavy (non-hydrogen) atoms. The van der Waals surface area contributed by atoms with Crippen LogP contribution in [0.3, 0.4) is 0 Å². The number of piperidine rings is 1. The summed E-state index contributed by atoms with van der Waals surface area (Å²) in [6.07, 6.45) is 6.15. The summed E-state index contributed by atoms with van der Waals surface area (Å²) >= 11 is 0. The van der Waals surface area contributed by atoms with Gasteiger partial charge in [0.1, 0.15) is 0 Å². The Morgan fingerprint density at radius 1 is 1.10 bits per heavy atom. The van der Waals surface area contributed by atoms with Crippen molar-refractivity contribution in [2.24, 2.45) is 5.73 Å². The molecule has 1 atom stereocenters. The molecule has 1 aliphatic rings. The third-order valence-electron chi connectivity index (χ3n) is 4.44. The first kappa shape index (κ1) is 12.6. The highest BCUT2D eigenvalue weighted by molar-refractivity contribution is 6.12. The fraction of sp³-hybridized carbons (Fsp3) is 0.278. The molecule has 1 fully saturated rings. The van der Waals surface area contributed by atoms with Crippen LogP contribution in [-0.2, 0) is 0 Å². The van der Waals surface area contributed by atoms with E-state index >= 15 is 0 Å². The van der Waals surface area contributed by atoms with E-state index in [2.05, 4.69) is 46.3 Å². The zero-order valence-electron chi connectivity index (χ0n) is 12.0. The number of hydrogen-bond acceptors (Lipinski definition) is 3. The van der Waals surface area contributed by atoms with E-state index in [1.807, 2.05) is 12.4 Å². The van der Waals surface area contributed by atoms with Gasteiger partial charge in [0.25, 0.3) is 0 Å². The maximum absolute atomic E-state index is 6.17. The molecule has 3 heteroatoms. The Kier molecular flexibility index (Phi) is 3.00. The van der Waals surface area contributed by atoms with E-state index in [-0.39, 0.29) is 6.04 Å². The molecule has 2 heterocycles. The van der Waals surface area contributed by atoms with Crippen molar-refractivity contribution < 1.29 is 0 Å². The highest BCUT2D eigenvalue weighted by Gasteiger charge is 2.19. The number of fused-ring (bicyclic) bond motifs is 3. The van der Waals surface area contributed by atoms with Crippen molar-refractivity contribution in [1.82, 2.24) is 4.98 Å². The number of anilines is 1. The molecule has 3 nitrogen and oxygen atoms in total. The lowest BCUT2D eigenvalue weighted by atomic mass is 9.99. The van der Waals surface area contributed by atoms with E-state index in [1.165, 1.54) is 33.7 Å². The lowest BCUT2D eigenvalue weighted by Gasteiger charge is -2.33. The molecule has 2 N–H and O–H groups in total. The van der Waals surface area contributed by atoms with Crippen LogP contribution in [0, 0.1) is 0 Å². The molecule has 0 saturated carbocycles. The van der Waals surface area contributed by atoms with Crippen LogP contribution in [0.25, 0.3) is 21.5 Å². The van der Waals surface area contributed by atoms with Gasteiger partial charge in [0.2, 0.25) is 0 Å². The third kappa shape index (κ3) is 2.14. The van der Waals surface area contributed by atoms with Gasteiger partial charge in [-0.2, -0.15) is 0 Å². The Balaban J connectivity index is 1.98. The van der Waals surface area contributed by atoms with Crippen LogP contribution in [0.1, 0.15) is 12.8 Å². The van der Waals surface area contributed by atoms with Gasteiger partial charge in [-0.25, -0.2) is 0 Å². The predicted molar refractivity (Wildman–Crippen MR) is 88.7 cm³/mol. The average Bonchev–Trinajstić information content (AvgIpc) is 2.54. The molecular formula is C18H19N3. The standard InChI is InChI=1S/C18H19N3/c19-14-5-3-9-21(12-14)18-10-13-4-1-2-6-15(13)17-11-20-8-7-16(17)18/h1-2,4,6-8,10-11,14H,3,5,9,12,19H2/t14-/m1/s1.